The van der Waals surface area contributed by atoms with Crippen LogP contribution in [0.4, 0.5) is 26.1 Å². The van der Waals surface area contributed by atoms with Crippen LogP contribution in [0.2, 0.25) is 0 Å². The molecule has 0 radical (unpaired) electrons. The minimum atomic E-state index is -3.94. The first-order valence-electron chi connectivity index (χ1n) is 13.6. The summed E-state index contributed by atoms with van der Waals surface area (Å²) in [5, 5.41) is 0.630. The van der Waals surface area contributed by atoms with Crippen LogP contribution in [0.3, 0.4) is 0 Å². The fourth-order valence-electron chi connectivity index (χ4n) is 4.66. The number of halogens is 2. The monoisotopic (exact) mass is 598 g/mol. The highest BCUT2D eigenvalue weighted by Gasteiger charge is 2.23. The number of aromatic nitrogens is 3. The molecule has 42 heavy (non-hydrogen) atoms. The Balaban J connectivity index is 1.70. The van der Waals surface area contributed by atoms with E-state index in [2.05, 4.69) is 14.6 Å². The van der Waals surface area contributed by atoms with Crippen molar-refractivity contribution < 1.29 is 26.7 Å². The summed E-state index contributed by atoms with van der Waals surface area (Å²) in [6.07, 6.45) is 1.19. The third-order valence-corrected chi connectivity index (χ3v) is 7.94. The molecule has 0 spiro atoms. The zero-order valence-electron chi connectivity index (χ0n) is 23.3. The molecular formula is C29H32F2N6O4S. The van der Waals surface area contributed by atoms with Gasteiger partial charge in [-0.25, -0.2) is 27.8 Å². The van der Waals surface area contributed by atoms with E-state index >= 15 is 4.39 Å². The molecule has 1 fully saturated rings. The number of hydrogen-bond acceptors (Lipinski definition) is 9. The highest BCUT2D eigenvalue weighted by Crippen LogP contribution is 2.39. The lowest BCUT2D eigenvalue weighted by Gasteiger charge is -2.29. The number of anilines is 3. The van der Waals surface area contributed by atoms with Crippen molar-refractivity contribution in [2.75, 3.05) is 54.1 Å². The Bertz CT molecular complexity index is 1680. The summed E-state index contributed by atoms with van der Waals surface area (Å²) >= 11 is 0. The predicted molar refractivity (Wildman–Crippen MR) is 159 cm³/mol. The van der Waals surface area contributed by atoms with E-state index in [-0.39, 0.29) is 23.8 Å². The molecule has 1 saturated heterocycles. The van der Waals surface area contributed by atoms with Crippen molar-refractivity contribution in [3.63, 3.8) is 0 Å². The molecule has 222 valence electrons. The van der Waals surface area contributed by atoms with Gasteiger partial charge in [-0.1, -0.05) is 12.1 Å². The zero-order chi connectivity index (χ0) is 29.9. The third-order valence-electron chi connectivity index (χ3n) is 6.59. The van der Waals surface area contributed by atoms with Crippen LogP contribution in [0.25, 0.3) is 33.4 Å². The van der Waals surface area contributed by atoms with Crippen LogP contribution in [-0.4, -0.2) is 68.2 Å². The van der Waals surface area contributed by atoms with Crippen molar-refractivity contribution >= 4 is 38.2 Å². The topological polar surface area (TPSA) is 133 Å². The number of fused-ring (bicyclic) bond motifs is 1. The first-order valence-corrected chi connectivity index (χ1v) is 15.2. The van der Waals surface area contributed by atoms with Gasteiger partial charge in [-0.3, -0.25) is 9.11 Å². The van der Waals surface area contributed by atoms with Gasteiger partial charge in [-0.15, -0.1) is 0 Å². The standard InChI is InChI=1S/C29H32F2N6O4S/c1-18(2)41-24-16-20(21-5-3-6-23(26(21)31)36-42(38,39)14-4-9-30)15-22-27(24)34-28(19-7-8-25(32)33-17-19)35-29(22)37-10-12-40-13-11-37/h3,5-8,15-18,36H,4,9-14H2,1-2H3,(H2,32,33). The van der Waals surface area contributed by atoms with Crippen molar-refractivity contribution in [1.82, 2.24) is 15.0 Å². The first kappa shape index (κ1) is 29.4. The SMILES string of the molecule is CC(C)Oc1cc(-c2cccc(NS(=O)(=O)CCCF)c2F)cc2c(N3CCOCC3)nc(-c3ccc(N)nc3)nc12. The second-order valence-corrected chi connectivity index (χ2v) is 12.0. The highest BCUT2D eigenvalue weighted by molar-refractivity contribution is 7.92. The lowest BCUT2D eigenvalue weighted by Crippen LogP contribution is -2.37. The number of rotatable bonds is 10. The van der Waals surface area contributed by atoms with Crippen molar-refractivity contribution in [3.05, 3.63) is 54.5 Å². The van der Waals surface area contributed by atoms with Crippen molar-refractivity contribution in [2.45, 2.75) is 26.4 Å². The number of pyridine rings is 1. The maximum atomic E-state index is 15.9. The van der Waals surface area contributed by atoms with Crippen LogP contribution in [-0.2, 0) is 14.8 Å². The van der Waals surface area contributed by atoms with E-state index in [0.29, 0.717) is 71.5 Å². The van der Waals surface area contributed by atoms with Crippen LogP contribution < -0.4 is 20.1 Å². The van der Waals surface area contributed by atoms with E-state index in [1.807, 2.05) is 13.8 Å². The fraction of sp³-hybridized carbons (Fsp3) is 0.345. The molecule has 3 N–H and O–H groups in total. The van der Waals surface area contributed by atoms with E-state index in [9.17, 15) is 12.8 Å². The molecule has 0 aliphatic carbocycles. The average molecular weight is 599 g/mol. The quantitative estimate of drug-likeness (QED) is 0.264. The lowest BCUT2D eigenvalue weighted by molar-refractivity contribution is 0.122. The summed E-state index contributed by atoms with van der Waals surface area (Å²) in [5.41, 5.74) is 7.35. The predicted octanol–water partition coefficient (Wildman–Crippen LogP) is 4.81. The van der Waals surface area contributed by atoms with Crippen LogP contribution in [0.15, 0.2) is 48.7 Å². The molecule has 0 saturated carbocycles. The molecule has 1 aliphatic rings. The number of ether oxygens (including phenoxy) is 2. The van der Waals surface area contributed by atoms with Gasteiger partial charge in [0.2, 0.25) is 10.0 Å². The average Bonchev–Trinajstić information content (AvgIpc) is 2.97. The lowest BCUT2D eigenvalue weighted by atomic mass is 10.0. The molecule has 0 amide bonds. The minimum Gasteiger partial charge on any atom is -0.489 e. The van der Waals surface area contributed by atoms with Crippen LogP contribution in [0.1, 0.15) is 20.3 Å². The van der Waals surface area contributed by atoms with Gasteiger partial charge in [0.15, 0.2) is 11.6 Å². The van der Waals surface area contributed by atoms with E-state index in [1.54, 1.807) is 42.6 Å². The van der Waals surface area contributed by atoms with Gasteiger partial charge in [0, 0.05) is 35.8 Å². The number of nitrogens with two attached hydrogens (primary N) is 1. The number of benzene rings is 2. The number of nitrogens with one attached hydrogen (secondary N) is 1. The summed E-state index contributed by atoms with van der Waals surface area (Å²) in [6.45, 7) is 5.16. The summed E-state index contributed by atoms with van der Waals surface area (Å²) < 4.78 is 67.2. The van der Waals surface area contributed by atoms with E-state index in [0.717, 1.165) is 0 Å². The van der Waals surface area contributed by atoms with Crippen LogP contribution in [0.5, 0.6) is 5.75 Å². The number of alkyl halides is 1. The van der Waals surface area contributed by atoms with Gasteiger partial charge >= 0.3 is 0 Å². The Morgan fingerprint density at radius 2 is 1.90 bits per heavy atom. The number of morpholine rings is 1. The normalized spacial score (nSPS) is 14.0. The molecule has 2 aromatic heterocycles. The van der Waals surface area contributed by atoms with E-state index in [1.165, 1.54) is 6.07 Å². The molecule has 0 bridgehead atoms. The minimum absolute atomic E-state index is 0.149. The molecule has 10 nitrogen and oxygen atoms in total. The van der Waals surface area contributed by atoms with Gasteiger partial charge < -0.3 is 20.1 Å². The zero-order valence-corrected chi connectivity index (χ0v) is 24.1. The van der Waals surface area contributed by atoms with Gasteiger partial charge in [-0.05, 0) is 56.2 Å². The molecule has 13 heteroatoms. The largest absolute Gasteiger partial charge is 0.489 e. The molecule has 0 atom stereocenters. The van der Waals surface area contributed by atoms with Gasteiger partial charge in [0.05, 0.1) is 37.4 Å². The molecular weight excluding hydrogens is 566 g/mol. The Morgan fingerprint density at radius 3 is 2.60 bits per heavy atom. The number of nitrogen functional groups attached to an aromatic ring is 1. The smallest absolute Gasteiger partial charge is 0.232 e. The van der Waals surface area contributed by atoms with Crippen LogP contribution in [0, 0.1) is 5.82 Å². The molecule has 3 heterocycles. The molecule has 5 rings (SSSR count). The second-order valence-electron chi connectivity index (χ2n) is 10.1. The molecule has 4 aromatic rings. The number of hydrogen-bond donors (Lipinski definition) is 2. The van der Waals surface area contributed by atoms with Crippen molar-refractivity contribution in [3.8, 4) is 28.3 Å². The van der Waals surface area contributed by atoms with Gasteiger partial charge in [0.25, 0.3) is 0 Å². The highest BCUT2D eigenvalue weighted by atomic mass is 32.2. The Hall–Kier alpha value is -4.10. The Labute approximate surface area is 242 Å². The maximum absolute atomic E-state index is 15.9. The molecule has 1 aliphatic heterocycles. The summed E-state index contributed by atoms with van der Waals surface area (Å²) in [5.74, 6) is 0.599. The summed E-state index contributed by atoms with van der Waals surface area (Å²) in [6, 6.07) is 11.4. The fourth-order valence-corrected chi connectivity index (χ4v) is 5.75. The molecule has 2 aromatic carbocycles. The van der Waals surface area contributed by atoms with E-state index in [4.69, 9.17) is 25.2 Å². The summed E-state index contributed by atoms with van der Waals surface area (Å²) in [4.78, 5) is 16.0. The Kier molecular flexibility index (Phi) is 8.69. The molecule has 0 unspecified atom stereocenters. The van der Waals surface area contributed by atoms with Gasteiger partial charge in [0.1, 0.15) is 22.9 Å². The van der Waals surface area contributed by atoms with Crippen molar-refractivity contribution in [2.24, 2.45) is 0 Å². The Morgan fingerprint density at radius 1 is 1.12 bits per heavy atom. The first-order chi connectivity index (χ1) is 20.1. The van der Waals surface area contributed by atoms with Crippen LogP contribution >= 0.6 is 0 Å². The maximum Gasteiger partial charge on any atom is 0.232 e. The third kappa shape index (κ3) is 6.52. The number of sulfonamides is 1. The second kappa shape index (κ2) is 12.4. The van der Waals surface area contributed by atoms with Gasteiger partial charge in [-0.2, -0.15) is 0 Å². The van der Waals surface area contributed by atoms with E-state index < -0.39 is 28.3 Å². The summed E-state index contributed by atoms with van der Waals surface area (Å²) in [7, 11) is -3.94. The number of nitrogens with zero attached hydrogens (tertiary/aromatic N) is 4. The van der Waals surface area contributed by atoms with Crippen molar-refractivity contribution in [1.29, 1.82) is 0 Å².